The second kappa shape index (κ2) is 7.63. The normalized spacial score (nSPS) is 51.7. The number of rotatable bonds is 4. The molecule has 5 unspecified atom stereocenters. The van der Waals surface area contributed by atoms with Gasteiger partial charge < -0.3 is 55.1 Å². The van der Waals surface area contributed by atoms with Gasteiger partial charge >= 0.3 is 0 Å². The second-order valence-corrected chi connectivity index (χ2v) is 5.53. The Morgan fingerprint density at radius 1 is 0.565 bits per heavy atom. The molecule has 0 aromatic heterocycles. The molecule has 0 aromatic carbocycles. The lowest BCUT2D eigenvalue weighted by molar-refractivity contribution is -0.376. The highest BCUT2D eigenvalue weighted by molar-refractivity contribution is 4.92. The average molecular weight is 342 g/mol. The van der Waals surface area contributed by atoms with Crippen molar-refractivity contribution in [1.29, 1.82) is 0 Å². The molecular weight excluding hydrogens is 320 g/mol. The fraction of sp³-hybridized carbons (Fsp3) is 1.00. The van der Waals surface area contributed by atoms with Crippen LogP contribution >= 0.6 is 0 Å². The zero-order valence-corrected chi connectivity index (χ0v) is 12.0. The molecule has 11 nitrogen and oxygen atoms in total. The van der Waals surface area contributed by atoms with E-state index >= 15 is 0 Å². The minimum absolute atomic E-state index is 0.667. The molecule has 0 aliphatic carbocycles. The van der Waals surface area contributed by atoms with Crippen LogP contribution in [-0.4, -0.2) is 115 Å². The first-order valence-electron chi connectivity index (χ1n) is 7.08. The molecule has 10 atom stereocenters. The van der Waals surface area contributed by atoms with Crippen LogP contribution in [0.2, 0.25) is 0 Å². The summed E-state index contributed by atoms with van der Waals surface area (Å²) < 4.78 is 15.3. The minimum Gasteiger partial charge on any atom is -0.394 e. The van der Waals surface area contributed by atoms with Crippen molar-refractivity contribution in [3.05, 3.63) is 0 Å². The van der Waals surface area contributed by atoms with Crippen molar-refractivity contribution in [1.82, 2.24) is 0 Å². The molecule has 0 saturated carbocycles. The molecule has 2 aliphatic rings. The van der Waals surface area contributed by atoms with Crippen LogP contribution in [0.1, 0.15) is 0 Å². The SMILES string of the molecule is OCC1OC(O[C@H]2O[C@H](CO)[C@@H](O)[C@H](O)[C@H]2O)C(O)C(O)C1O. The molecule has 2 fully saturated rings. The Morgan fingerprint density at radius 2 is 0.913 bits per heavy atom. The Hall–Kier alpha value is -0.440. The summed E-state index contributed by atoms with van der Waals surface area (Å²) in [6, 6.07) is 0. The Bertz CT molecular complexity index is 344. The molecule has 2 heterocycles. The zero-order valence-electron chi connectivity index (χ0n) is 12.0. The fourth-order valence-electron chi connectivity index (χ4n) is 2.49. The summed E-state index contributed by atoms with van der Waals surface area (Å²) in [7, 11) is 0. The van der Waals surface area contributed by atoms with Crippen LogP contribution in [0.4, 0.5) is 0 Å². The quantitative estimate of drug-likeness (QED) is 0.243. The number of hydrogen-bond acceptors (Lipinski definition) is 11. The van der Waals surface area contributed by atoms with Gasteiger partial charge in [-0.2, -0.15) is 0 Å². The predicted molar refractivity (Wildman–Crippen MR) is 68.6 cm³/mol. The standard InChI is InChI=1S/C12H22O11/c13-1-3-5(15)7(17)9(19)11(21-3)23-12-10(20)8(18)6(16)4(2-14)22-12/h3-20H,1-2H2/t3-,4?,5-,6?,7+,8?,9-,10?,11-,12?/m1/s1. The first-order chi connectivity index (χ1) is 10.8. The Morgan fingerprint density at radius 3 is 1.22 bits per heavy atom. The van der Waals surface area contributed by atoms with Crippen molar-refractivity contribution in [3.63, 3.8) is 0 Å². The fourth-order valence-corrected chi connectivity index (χ4v) is 2.49. The predicted octanol–water partition coefficient (Wildman–Crippen LogP) is -5.40. The van der Waals surface area contributed by atoms with Gasteiger partial charge in [-0.3, -0.25) is 0 Å². The van der Waals surface area contributed by atoms with E-state index in [4.69, 9.17) is 24.4 Å². The van der Waals surface area contributed by atoms with E-state index in [0.717, 1.165) is 0 Å². The third-order valence-electron chi connectivity index (χ3n) is 3.97. The van der Waals surface area contributed by atoms with Gasteiger partial charge in [0, 0.05) is 0 Å². The van der Waals surface area contributed by atoms with E-state index in [-0.39, 0.29) is 0 Å². The molecular formula is C12H22O11. The highest BCUT2D eigenvalue weighted by atomic mass is 16.8. The lowest BCUT2D eigenvalue weighted by atomic mass is 9.98. The summed E-state index contributed by atoms with van der Waals surface area (Å²) >= 11 is 0. The summed E-state index contributed by atoms with van der Waals surface area (Å²) in [6.45, 7) is -1.33. The van der Waals surface area contributed by atoms with Gasteiger partial charge in [-0.25, -0.2) is 0 Å². The molecule has 11 heteroatoms. The summed E-state index contributed by atoms with van der Waals surface area (Å²) in [5.74, 6) is 0. The van der Waals surface area contributed by atoms with Crippen LogP contribution in [0.15, 0.2) is 0 Å². The summed E-state index contributed by atoms with van der Waals surface area (Å²) in [4.78, 5) is 0. The Balaban J connectivity index is 2.07. The van der Waals surface area contributed by atoms with Crippen LogP contribution in [0.25, 0.3) is 0 Å². The van der Waals surface area contributed by atoms with Crippen molar-refractivity contribution in [2.24, 2.45) is 0 Å². The van der Waals surface area contributed by atoms with E-state index in [9.17, 15) is 30.6 Å². The van der Waals surface area contributed by atoms with Crippen LogP contribution < -0.4 is 0 Å². The van der Waals surface area contributed by atoms with Crippen molar-refractivity contribution in [2.45, 2.75) is 61.4 Å². The van der Waals surface area contributed by atoms with Crippen LogP contribution in [0.5, 0.6) is 0 Å². The summed E-state index contributed by atoms with van der Waals surface area (Å²) in [6.07, 6.45) is -15.6. The molecule has 8 N–H and O–H groups in total. The Kier molecular flexibility index (Phi) is 6.27. The average Bonchev–Trinajstić information content (AvgIpc) is 2.55. The minimum atomic E-state index is -1.72. The van der Waals surface area contributed by atoms with Crippen molar-refractivity contribution in [3.8, 4) is 0 Å². The van der Waals surface area contributed by atoms with Crippen LogP contribution in [0, 0.1) is 0 Å². The van der Waals surface area contributed by atoms with Gasteiger partial charge in [0.15, 0.2) is 12.6 Å². The van der Waals surface area contributed by atoms with E-state index in [1.54, 1.807) is 0 Å². The second-order valence-electron chi connectivity index (χ2n) is 5.53. The summed E-state index contributed by atoms with van der Waals surface area (Å²) in [5, 5.41) is 76.4. The first-order valence-corrected chi connectivity index (χ1v) is 7.08. The smallest absolute Gasteiger partial charge is 0.189 e. The number of hydrogen-bond donors (Lipinski definition) is 8. The number of aliphatic hydroxyl groups excluding tert-OH is 8. The molecule has 2 saturated heterocycles. The van der Waals surface area contributed by atoms with E-state index in [1.807, 2.05) is 0 Å². The van der Waals surface area contributed by atoms with E-state index < -0.39 is 74.6 Å². The molecule has 0 spiro atoms. The Labute approximate surface area is 130 Å². The molecule has 0 amide bonds. The molecule has 23 heavy (non-hydrogen) atoms. The molecule has 0 aromatic rings. The third kappa shape index (κ3) is 3.65. The molecule has 0 bridgehead atoms. The molecule has 2 aliphatic heterocycles. The summed E-state index contributed by atoms with van der Waals surface area (Å²) in [5.41, 5.74) is 0. The number of ether oxygens (including phenoxy) is 3. The highest BCUT2D eigenvalue weighted by Gasteiger charge is 2.49. The van der Waals surface area contributed by atoms with Crippen LogP contribution in [0.3, 0.4) is 0 Å². The maximum Gasteiger partial charge on any atom is 0.189 e. The maximum atomic E-state index is 9.84. The van der Waals surface area contributed by atoms with Gasteiger partial charge in [0.1, 0.15) is 48.8 Å². The van der Waals surface area contributed by atoms with Gasteiger partial charge in [-0.15, -0.1) is 0 Å². The zero-order chi connectivity index (χ0) is 17.3. The van der Waals surface area contributed by atoms with Crippen LogP contribution in [-0.2, 0) is 14.2 Å². The topological polar surface area (TPSA) is 190 Å². The van der Waals surface area contributed by atoms with Gasteiger partial charge in [0.25, 0.3) is 0 Å². The van der Waals surface area contributed by atoms with E-state index in [2.05, 4.69) is 0 Å². The molecule has 0 radical (unpaired) electrons. The first kappa shape index (κ1) is 18.9. The number of aliphatic hydroxyl groups is 8. The van der Waals surface area contributed by atoms with Gasteiger partial charge in [-0.1, -0.05) is 0 Å². The van der Waals surface area contributed by atoms with Crippen molar-refractivity contribution < 1.29 is 55.1 Å². The van der Waals surface area contributed by atoms with Gasteiger partial charge in [0.05, 0.1) is 13.2 Å². The van der Waals surface area contributed by atoms with Gasteiger partial charge in [0.2, 0.25) is 0 Å². The maximum absolute atomic E-state index is 9.84. The lowest BCUT2D eigenvalue weighted by Crippen LogP contribution is -2.63. The van der Waals surface area contributed by atoms with Crippen molar-refractivity contribution in [2.75, 3.05) is 13.2 Å². The lowest BCUT2D eigenvalue weighted by Gasteiger charge is -2.44. The monoisotopic (exact) mass is 342 g/mol. The largest absolute Gasteiger partial charge is 0.394 e. The van der Waals surface area contributed by atoms with Crippen molar-refractivity contribution >= 4 is 0 Å². The van der Waals surface area contributed by atoms with E-state index in [0.29, 0.717) is 0 Å². The van der Waals surface area contributed by atoms with Gasteiger partial charge in [-0.05, 0) is 0 Å². The van der Waals surface area contributed by atoms with E-state index in [1.165, 1.54) is 0 Å². The highest BCUT2D eigenvalue weighted by Crippen LogP contribution is 2.27. The molecule has 136 valence electrons. The molecule has 2 rings (SSSR count). The third-order valence-corrected chi connectivity index (χ3v) is 3.97.